The first-order valence-corrected chi connectivity index (χ1v) is 41.9. The SMILES string of the molecule is CC(C)(c1ccccc1)c1ccc2c(c1)B1c3ccc(C(C)(C)c4ccccc4)cc3N(c3cccc(-c4cccc([Si](c5ccccc5)(c5ccccc5)c5ccccc5)c4)c3)c3cc(-n4c5ccccc5c5ccccc54)cc(c31)N2c1cccc([Si](c2ccccc2)(c2ccccc2)c2ccccc2)c1. The van der Waals surface area contributed by atoms with Crippen LogP contribution in [0, 0.1) is 0 Å². The van der Waals surface area contributed by atoms with Crippen molar-refractivity contribution in [3.05, 3.63) is 435 Å². The van der Waals surface area contributed by atoms with Gasteiger partial charge < -0.3 is 14.4 Å². The molecule has 0 bridgehead atoms. The van der Waals surface area contributed by atoms with Crippen LogP contribution in [0.3, 0.4) is 0 Å². The van der Waals surface area contributed by atoms with Crippen molar-refractivity contribution in [3.63, 3.8) is 0 Å². The third-order valence-corrected chi connectivity index (χ3v) is 33.4. The van der Waals surface area contributed by atoms with Gasteiger partial charge in [0.05, 0.1) is 16.7 Å². The molecule has 2 aliphatic rings. The smallest absolute Gasteiger partial charge is 0.252 e. The highest BCUT2D eigenvalue weighted by Gasteiger charge is 2.48. The van der Waals surface area contributed by atoms with E-state index in [4.69, 9.17) is 0 Å². The van der Waals surface area contributed by atoms with Crippen LogP contribution in [0.2, 0.25) is 0 Å². The first-order chi connectivity index (χ1) is 53.1. The molecule has 1 aromatic heterocycles. The summed E-state index contributed by atoms with van der Waals surface area (Å²) in [7, 11) is -5.99. The molecular weight excluding hydrogens is 1330 g/mol. The summed E-state index contributed by atoms with van der Waals surface area (Å²) in [5.41, 5.74) is 20.5. The highest BCUT2D eigenvalue weighted by atomic mass is 28.3. The molecule has 0 radical (unpaired) electrons. The number of para-hydroxylation sites is 2. The van der Waals surface area contributed by atoms with E-state index in [1.54, 1.807) is 0 Å². The molecule has 0 fully saturated rings. The van der Waals surface area contributed by atoms with Crippen LogP contribution in [-0.4, -0.2) is 27.4 Å². The van der Waals surface area contributed by atoms with Crippen LogP contribution >= 0.6 is 0 Å². The topological polar surface area (TPSA) is 11.4 Å². The lowest BCUT2D eigenvalue weighted by Crippen LogP contribution is -2.74. The van der Waals surface area contributed by atoms with E-state index in [1.807, 2.05) is 0 Å². The van der Waals surface area contributed by atoms with Gasteiger partial charge in [0.2, 0.25) is 0 Å². The van der Waals surface area contributed by atoms with E-state index in [1.165, 1.54) is 96.5 Å². The average molecular weight is 1410 g/mol. The highest BCUT2D eigenvalue weighted by molar-refractivity contribution is 7.20. The maximum Gasteiger partial charge on any atom is 0.252 e. The van der Waals surface area contributed by atoms with Gasteiger partial charge in [0.15, 0.2) is 16.1 Å². The fourth-order valence-electron chi connectivity index (χ4n) is 18.5. The van der Waals surface area contributed by atoms with Crippen LogP contribution in [0.4, 0.5) is 34.1 Å². The van der Waals surface area contributed by atoms with Crippen molar-refractivity contribution < 1.29 is 0 Å². The third kappa shape index (κ3) is 10.7. The Hall–Kier alpha value is -12.6. The van der Waals surface area contributed by atoms with Gasteiger partial charge >= 0.3 is 0 Å². The summed E-state index contributed by atoms with van der Waals surface area (Å²) in [5, 5.41) is 13.1. The summed E-state index contributed by atoms with van der Waals surface area (Å²) in [6.45, 7) is 9.38. The van der Waals surface area contributed by atoms with E-state index in [9.17, 15) is 0 Å². The minimum absolute atomic E-state index is 0.207. The molecule has 0 atom stereocenters. The van der Waals surface area contributed by atoms with E-state index < -0.39 is 16.1 Å². The quantitative estimate of drug-likeness (QED) is 0.0706. The van der Waals surface area contributed by atoms with E-state index in [0.717, 1.165) is 56.4 Å². The Morgan fingerprint density at radius 2 is 0.583 bits per heavy atom. The molecule has 16 aromatic carbocycles. The zero-order chi connectivity index (χ0) is 72.6. The summed E-state index contributed by atoms with van der Waals surface area (Å²) >= 11 is 0. The zero-order valence-electron chi connectivity index (χ0n) is 61.2. The van der Waals surface area contributed by atoms with Gasteiger partial charge in [0, 0.05) is 55.7 Å². The molecule has 0 spiro atoms. The molecule has 0 aliphatic carbocycles. The van der Waals surface area contributed by atoms with E-state index >= 15 is 0 Å². The average Bonchev–Trinajstić information content (AvgIpc) is 0.825. The predicted octanol–water partition coefficient (Wildman–Crippen LogP) is 17.9. The van der Waals surface area contributed by atoms with E-state index in [2.05, 4.69) is 455 Å². The molecular formula is C102H80BN3Si2. The Kier molecular flexibility index (Phi) is 16.4. The summed E-state index contributed by atoms with van der Waals surface area (Å²) < 4.78 is 2.54. The van der Waals surface area contributed by atoms with Crippen LogP contribution in [0.5, 0.6) is 0 Å². The minimum atomic E-state index is -3.07. The lowest BCUT2D eigenvalue weighted by molar-refractivity contribution is 0.641. The first kappa shape index (κ1) is 66.1. The lowest BCUT2D eigenvalue weighted by atomic mass is 9.33. The fraction of sp³-hybridized carbons (Fsp3) is 0.0588. The van der Waals surface area contributed by atoms with Gasteiger partial charge in [-0.15, -0.1) is 0 Å². The van der Waals surface area contributed by atoms with Crippen molar-refractivity contribution in [1.29, 1.82) is 0 Å². The molecule has 19 rings (SSSR count). The fourth-order valence-corrected chi connectivity index (χ4v) is 28.0. The number of hydrogen-bond donors (Lipinski definition) is 0. The van der Waals surface area contributed by atoms with Crippen molar-refractivity contribution in [3.8, 4) is 16.8 Å². The van der Waals surface area contributed by atoms with Gasteiger partial charge in [0.25, 0.3) is 6.71 Å². The van der Waals surface area contributed by atoms with Gasteiger partial charge in [-0.05, 0) is 152 Å². The van der Waals surface area contributed by atoms with Crippen LogP contribution in [0.15, 0.2) is 413 Å². The highest BCUT2D eigenvalue weighted by Crippen LogP contribution is 2.49. The summed E-state index contributed by atoms with van der Waals surface area (Å²) in [4.78, 5) is 5.32. The third-order valence-electron chi connectivity index (χ3n) is 23.8. The van der Waals surface area contributed by atoms with Crippen LogP contribution in [-0.2, 0) is 10.8 Å². The maximum atomic E-state index is 2.66. The number of fused-ring (bicyclic) bond motifs is 7. The van der Waals surface area contributed by atoms with Crippen molar-refractivity contribution in [2.75, 3.05) is 9.80 Å². The lowest BCUT2D eigenvalue weighted by Gasteiger charge is -2.45. The van der Waals surface area contributed by atoms with E-state index in [-0.39, 0.29) is 17.5 Å². The molecule has 108 heavy (non-hydrogen) atoms. The second kappa shape index (κ2) is 26.8. The molecule has 3 nitrogen and oxygen atoms in total. The van der Waals surface area contributed by atoms with E-state index in [0.29, 0.717) is 0 Å². The van der Waals surface area contributed by atoms with Crippen LogP contribution < -0.4 is 67.7 Å². The van der Waals surface area contributed by atoms with Crippen LogP contribution in [0.25, 0.3) is 38.6 Å². The summed E-state index contributed by atoms with van der Waals surface area (Å²) in [6.07, 6.45) is 0. The van der Waals surface area contributed by atoms with Gasteiger partial charge in [0.1, 0.15) is 0 Å². The van der Waals surface area contributed by atoms with Gasteiger partial charge in [-0.2, -0.15) is 0 Å². The second-order valence-electron chi connectivity index (χ2n) is 30.3. The molecule has 17 aromatic rings. The zero-order valence-corrected chi connectivity index (χ0v) is 63.2. The Morgan fingerprint density at radius 3 is 1.05 bits per heavy atom. The molecule has 0 unspecified atom stereocenters. The van der Waals surface area contributed by atoms with Gasteiger partial charge in [-0.3, -0.25) is 0 Å². The Bertz CT molecular complexity index is 5940. The number of anilines is 6. The maximum absolute atomic E-state index is 3.07. The molecule has 2 aliphatic heterocycles. The number of rotatable bonds is 16. The van der Waals surface area contributed by atoms with Gasteiger partial charge in [-0.25, -0.2) is 0 Å². The Labute approximate surface area is 636 Å². The van der Waals surface area contributed by atoms with Crippen molar-refractivity contribution >= 4 is 137 Å². The number of hydrogen-bond acceptors (Lipinski definition) is 2. The molecule has 0 saturated carbocycles. The predicted molar refractivity (Wildman–Crippen MR) is 465 cm³/mol. The molecule has 6 heteroatoms. The van der Waals surface area contributed by atoms with Crippen molar-refractivity contribution in [2.24, 2.45) is 0 Å². The Balaban J connectivity index is 0.914. The summed E-state index contributed by atoms with van der Waals surface area (Å²) in [5.74, 6) is 0. The normalized spacial score (nSPS) is 12.8. The molecule has 3 heterocycles. The largest absolute Gasteiger partial charge is 0.311 e. The second-order valence-corrected chi connectivity index (χ2v) is 37.9. The monoisotopic (exact) mass is 1410 g/mol. The number of nitrogens with zero attached hydrogens (tertiary/aromatic N) is 3. The molecule has 0 amide bonds. The van der Waals surface area contributed by atoms with Crippen LogP contribution in [0.1, 0.15) is 49.9 Å². The molecule has 514 valence electrons. The first-order valence-electron chi connectivity index (χ1n) is 37.9. The molecule has 0 saturated heterocycles. The van der Waals surface area contributed by atoms with Gasteiger partial charge in [-0.1, -0.05) is 380 Å². The molecule has 0 N–H and O–H groups in total. The van der Waals surface area contributed by atoms with Crippen molar-refractivity contribution in [1.82, 2.24) is 4.57 Å². The number of benzene rings is 16. The Morgan fingerprint density at radius 1 is 0.231 bits per heavy atom. The standard InChI is InChI=1S/C102H80BN3Si2/c1-101(2,75-38-13-5-14-39-75)77-63-65-96-93(68-77)103-92-64-62-78(102(3,4)76-40-15-6-16-41-76)69-97(92)105(79-42-33-36-73(66-79)74-37-34-56-88(67-74)107(82-44-17-7-18-45-82,83-46-19-8-20-47-83)84-48-21-9-22-49-84)99-72-81(106-94-60-31-29-58-90(94)91-59-30-32-61-95(91)106)71-98(100(99)103)104(96)80-43-35-57-89(70-80)108(85-50-23-10-24-51-85,86-52-25-11-26-53-86)87-54-27-12-28-55-87/h5-72H,1-4H3. The van der Waals surface area contributed by atoms with Crippen molar-refractivity contribution in [2.45, 2.75) is 38.5 Å². The number of aromatic nitrogens is 1. The minimum Gasteiger partial charge on any atom is -0.311 e. The summed E-state index contributed by atoms with van der Waals surface area (Å²) in [6, 6.07) is 157.